The van der Waals surface area contributed by atoms with E-state index in [1.54, 1.807) is 18.7 Å². The molecule has 1 aliphatic heterocycles. The summed E-state index contributed by atoms with van der Waals surface area (Å²) in [5, 5.41) is 0.608. The Bertz CT molecular complexity index is 1190. The second-order valence-corrected chi connectivity index (χ2v) is 10.1. The lowest BCUT2D eigenvalue weighted by Crippen LogP contribution is -2.20. The number of halogens is 1. The number of benzene rings is 1. The van der Waals surface area contributed by atoms with Gasteiger partial charge in [0.1, 0.15) is 12.7 Å². The molecule has 2 atom stereocenters. The molecule has 0 unspecified atom stereocenters. The molecule has 0 N–H and O–H groups in total. The van der Waals surface area contributed by atoms with Gasteiger partial charge >= 0.3 is 7.60 Å². The molecule has 1 aliphatic rings. The van der Waals surface area contributed by atoms with E-state index in [1.165, 1.54) is 6.33 Å². The second-order valence-electron chi connectivity index (χ2n) is 7.69. The Morgan fingerprint density at radius 2 is 2.18 bits per heavy atom. The van der Waals surface area contributed by atoms with Crippen molar-refractivity contribution in [3.8, 4) is 0 Å². The van der Waals surface area contributed by atoms with E-state index in [9.17, 15) is 4.57 Å². The molecule has 4 rings (SSSR count). The maximum Gasteiger partial charge on any atom is 0.356 e. The molecular weight excluding hydrogens is 479 g/mol. The summed E-state index contributed by atoms with van der Waals surface area (Å²) in [6.07, 6.45) is 5.03. The van der Waals surface area contributed by atoms with E-state index in [4.69, 9.17) is 25.4 Å². The van der Waals surface area contributed by atoms with E-state index >= 15 is 0 Å². The zero-order valence-corrected chi connectivity index (χ0v) is 20.9. The SMILES string of the molecule is CCN(/C=N\c1ncnc2c1ncn2CCOC[P@@]1(=O)OCC[C@@H](c2cccc(Cl)c2)O1)CC. The molecule has 2 aromatic heterocycles. The summed E-state index contributed by atoms with van der Waals surface area (Å²) in [4.78, 5) is 19.5. The maximum absolute atomic E-state index is 13.0. The highest BCUT2D eigenvalue weighted by molar-refractivity contribution is 7.53. The van der Waals surface area contributed by atoms with Gasteiger partial charge in [-0.05, 0) is 31.5 Å². The fourth-order valence-electron chi connectivity index (χ4n) is 3.57. The molecule has 0 saturated carbocycles. The van der Waals surface area contributed by atoms with Gasteiger partial charge in [0.2, 0.25) is 0 Å². The maximum atomic E-state index is 13.0. The van der Waals surface area contributed by atoms with E-state index in [-0.39, 0.29) is 19.1 Å². The first-order valence-electron chi connectivity index (χ1n) is 11.2. The van der Waals surface area contributed by atoms with Crippen LogP contribution >= 0.6 is 19.2 Å². The Hall–Kier alpha value is -2.36. The zero-order chi connectivity index (χ0) is 24.0. The number of hydrogen-bond acceptors (Lipinski definition) is 8. The van der Waals surface area contributed by atoms with Crippen LogP contribution in [0.2, 0.25) is 5.02 Å². The van der Waals surface area contributed by atoms with Gasteiger partial charge in [-0.2, -0.15) is 0 Å². The minimum Gasteiger partial charge on any atom is -0.367 e. The Kier molecular flexibility index (Phi) is 8.28. The quantitative estimate of drug-likeness (QED) is 0.167. The molecule has 0 aliphatic carbocycles. The first-order valence-corrected chi connectivity index (χ1v) is 13.3. The molecular formula is C22H28ClN6O4P. The van der Waals surface area contributed by atoms with Gasteiger partial charge in [0.25, 0.3) is 0 Å². The summed E-state index contributed by atoms with van der Waals surface area (Å²) >= 11 is 6.08. The third kappa shape index (κ3) is 6.00. The van der Waals surface area contributed by atoms with Crippen molar-refractivity contribution in [3.63, 3.8) is 0 Å². The number of fused-ring (bicyclic) bond motifs is 1. The lowest BCUT2D eigenvalue weighted by Gasteiger charge is -2.30. The van der Waals surface area contributed by atoms with Gasteiger partial charge in [-0.25, -0.2) is 19.9 Å². The first-order chi connectivity index (χ1) is 16.5. The topological polar surface area (TPSA) is 104 Å². The number of rotatable bonds is 10. The monoisotopic (exact) mass is 506 g/mol. The third-order valence-corrected chi connectivity index (χ3v) is 7.33. The lowest BCUT2D eigenvalue weighted by molar-refractivity contribution is 0.0563. The molecule has 1 saturated heterocycles. The van der Waals surface area contributed by atoms with Gasteiger partial charge in [0, 0.05) is 31.1 Å². The smallest absolute Gasteiger partial charge is 0.356 e. The molecule has 0 amide bonds. The summed E-state index contributed by atoms with van der Waals surface area (Å²) in [6, 6.07) is 7.35. The highest BCUT2D eigenvalue weighted by Gasteiger charge is 2.34. The number of nitrogens with zero attached hydrogens (tertiary/aromatic N) is 6. The molecule has 34 heavy (non-hydrogen) atoms. The number of hydrogen-bond donors (Lipinski definition) is 0. The fraction of sp³-hybridized carbons (Fsp3) is 0.455. The average Bonchev–Trinajstić information content (AvgIpc) is 3.26. The molecule has 1 fully saturated rings. The number of aliphatic imine (C=N–C) groups is 1. The largest absolute Gasteiger partial charge is 0.367 e. The van der Waals surface area contributed by atoms with Crippen molar-refractivity contribution in [1.82, 2.24) is 24.4 Å². The molecule has 0 spiro atoms. The van der Waals surface area contributed by atoms with Crippen molar-refractivity contribution in [3.05, 3.63) is 47.5 Å². The van der Waals surface area contributed by atoms with Gasteiger partial charge in [-0.1, -0.05) is 23.7 Å². The third-order valence-electron chi connectivity index (χ3n) is 5.44. The minimum atomic E-state index is -3.38. The van der Waals surface area contributed by atoms with Crippen molar-refractivity contribution in [2.75, 3.05) is 32.7 Å². The molecule has 3 heterocycles. The van der Waals surface area contributed by atoms with Crippen LogP contribution in [-0.2, 0) is 24.9 Å². The Morgan fingerprint density at radius 1 is 1.32 bits per heavy atom. The Labute approximate surface area is 203 Å². The normalized spacial score (nSPS) is 20.9. The number of imidazole rings is 1. The average molecular weight is 507 g/mol. The van der Waals surface area contributed by atoms with Crippen LogP contribution in [0.4, 0.5) is 5.82 Å². The van der Waals surface area contributed by atoms with Crippen LogP contribution in [0.1, 0.15) is 31.9 Å². The summed E-state index contributed by atoms with van der Waals surface area (Å²) in [7, 11) is -3.38. The molecule has 3 aromatic rings. The Balaban J connectivity index is 1.34. The van der Waals surface area contributed by atoms with Crippen LogP contribution in [0, 0.1) is 0 Å². The van der Waals surface area contributed by atoms with Crippen LogP contribution in [0.15, 0.2) is 41.9 Å². The van der Waals surface area contributed by atoms with Crippen molar-refractivity contribution in [2.24, 2.45) is 4.99 Å². The predicted octanol–water partition coefficient (Wildman–Crippen LogP) is 4.83. The van der Waals surface area contributed by atoms with Gasteiger partial charge in [0.05, 0.1) is 32.0 Å². The molecule has 12 heteroatoms. The number of ether oxygens (including phenoxy) is 1. The van der Waals surface area contributed by atoms with Crippen molar-refractivity contribution >= 4 is 42.5 Å². The highest BCUT2D eigenvalue weighted by atomic mass is 35.5. The van der Waals surface area contributed by atoms with Crippen molar-refractivity contribution < 1.29 is 18.3 Å². The van der Waals surface area contributed by atoms with Crippen LogP contribution in [-0.4, -0.2) is 63.4 Å². The number of aromatic nitrogens is 4. The molecule has 10 nitrogen and oxygen atoms in total. The van der Waals surface area contributed by atoms with Crippen LogP contribution in [0.3, 0.4) is 0 Å². The predicted molar refractivity (Wildman–Crippen MR) is 131 cm³/mol. The zero-order valence-electron chi connectivity index (χ0n) is 19.2. The van der Waals surface area contributed by atoms with Crippen molar-refractivity contribution in [2.45, 2.75) is 32.9 Å². The second kappa shape index (κ2) is 11.4. The summed E-state index contributed by atoms with van der Waals surface area (Å²) in [5.74, 6) is 0.511. The molecule has 182 valence electrons. The van der Waals surface area contributed by atoms with Crippen LogP contribution < -0.4 is 0 Å². The van der Waals surface area contributed by atoms with Gasteiger partial charge in [-0.3, -0.25) is 9.09 Å². The van der Waals surface area contributed by atoms with Gasteiger partial charge in [0.15, 0.2) is 17.0 Å². The molecule has 0 bridgehead atoms. The summed E-state index contributed by atoms with van der Waals surface area (Å²) in [5.41, 5.74) is 2.14. The summed E-state index contributed by atoms with van der Waals surface area (Å²) < 4.78 is 31.8. The Morgan fingerprint density at radius 3 is 2.97 bits per heavy atom. The van der Waals surface area contributed by atoms with Crippen molar-refractivity contribution in [1.29, 1.82) is 0 Å². The fourth-order valence-corrected chi connectivity index (χ4v) is 5.31. The summed E-state index contributed by atoms with van der Waals surface area (Å²) in [6.45, 7) is 6.92. The van der Waals surface area contributed by atoms with Crippen LogP contribution in [0.25, 0.3) is 11.2 Å². The van der Waals surface area contributed by atoms with E-state index in [1.807, 2.05) is 22.8 Å². The van der Waals surface area contributed by atoms with E-state index < -0.39 is 7.60 Å². The molecule has 0 radical (unpaired) electrons. The van der Waals surface area contributed by atoms with E-state index in [0.29, 0.717) is 41.6 Å². The lowest BCUT2D eigenvalue weighted by atomic mass is 10.1. The van der Waals surface area contributed by atoms with Gasteiger partial charge in [-0.15, -0.1) is 0 Å². The van der Waals surface area contributed by atoms with Gasteiger partial charge < -0.3 is 18.7 Å². The van der Waals surface area contributed by atoms with E-state index in [2.05, 4.69) is 38.7 Å². The van der Waals surface area contributed by atoms with E-state index in [0.717, 1.165) is 18.7 Å². The molecule has 1 aromatic carbocycles. The van der Waals surface area contributed by atoms with Crippen LogP contribution in [0.5, 0.6) is 0 Å². The first kappa shape index (κ1) is 24.8. The highest BCUT2D eigenvalue weighted by Crippen LogP contribution is 2.56. The standard InChI is InChI=1S/C22H28ClN6O4P/c1-3-28(4-2)14-27-21-20-22(25-13-24-21)29(15-26-20)9-11-31-16-34(30)32-10-8-19(33-34)17-6-5-7-18(23)12-17/h5-7,12-15,19H,3-4,8-11,16H2,1-2H3/b27-14-/t19-,34+/m0/s1. The minimum absolute atomic E-state index is 0.134.